The van der Waals surface area contributed by atoms with Crippen LogP contribution in [0.2, 0.25) is 0 Å². The maximum atomic E-state index is 13.7. The van der Waals surface area contributed by atoms with E-state index >= 15 is 0 Å². The second-order valence-corrected chi connectivity index (χ2v) is 7.42. The predicted octanol–water partition coefficient (Wildman–Crippen LogP) is 4.05. The van der Waals surface area contributed by atoms with Crippen LogP contribution in [0.25, 0.3) is 10.2 Å². The van der Waals surface area contributed by atoms with Crippen molar-refractivity contribution in [2.24, 2.45) is 0 Å². The summed E-state index contributed by atoms with van der Waals surface area (Å²) in [7, 11) is 0. The summed E-state index contributed by atoms with van der Waals surface area (Å²) in [6.45, 7) is 1.35. The van der Waals surface area contributed by atoms with E-state index in [1.807, 2.05) is 41.3 Å². The summed E-state index contributed by atoms with van der Waals surface area (Å²) in [5, 5.41) is 0.499. The summed E-state index contributed by atoms with van der Waals surface area (Å²) in [6, 6.07) is 14.7. The number of carbonyl (C=O) groups is 1. The molecule has 134 valence electrons. The number of hydrogen-bond donors (Lipinski definition) is 0. The van der Waals surface area contributed by atoms with Crippen LogP contribution in [-0.2, 0) is 11.2 Å². The van der Waals surface area contributed by atoms with E-state index in [-0.39, 0.29) is 17.8 Å². The molecule has 1 aliphatic heterocycles. The number of likely N-dealkylation sites (tertiary alicyclic amines) is 1. The molecule has 0 N–H and O–H groups in total. The Bertz CT molecular complexity index is 905. The largest absolute Gasteiger partial charge is 0.467 e. The van der Waals surface area contributed by atoms with E-state index in [9.17, 15) is 9.18 Å². The molecule has 1 saturated heterocycles. The highest BCUT2D eigenvalue weighted by Gasteiger charge is 2.25. The maximum Gasteiger partial charge on any atom is 0.274 e. The van der Waals surface area contributed by atoms with E-state index in [4.69, 9.17) is 4.74 Å². The average molecular weight is 370 g/mol. The van der Waals surface area contributed by atoms with Crippen LogP contribution in [-0.4, -0.2) is 35.0 Å². The Kier molecular flexibility index (Phi) is 4.84. The molecule has 4 nitrogen and oxygen atoms in total. The fourth-order valence-corrected chi connectivity index (χ4v) is 4.09. The van der Waals surface area contributed by atoms with Crippen LogP contribution >= 0.6 is 11.3 Å². The summed E-state index contributed by atoms with van der Waals surface area (Å²) in [5.41, 5.74) is 1.40. The molecule has 1 amide bonds. The fourth-order valence-electron chi connectivity index (χ4n) is 3.19. The highest BCUT2D eigenvalue weighted by Crippen LogP contribution is 2.31. The molecular formula is C20H19FN2O2S. The molecule has 1 fully saturated rings. The number of para-hydroxylation sites is 1. The van der Waals surface area contributed by atoms with Gasteiger partial charge in [0.25, 0.3) is 5.19 Å². The van der Waals surface area contributed by atoms with E-state index in [1.54, 1.807) is 6.07 Å². The van der Waals surface area contributed by atoms with Gasteiger partial charge in [0.15, 0.2) is 0 Å². The van der Waals surface area contributed by atoms with Crippen LogP contribution in [0.4, 0.5) is 4.39 Å². The van der Waals surface area contributed by atoms with Crippen LogP contribution in [0.1, 0.15) is 18.4 Å². The minimum Gasteiger partial charge on any atom is -0.467 e. The quantitative estimate of drug-likeness (QED) is 0.696. The van der Waals surface area contributed by atoms with Crippen LogP contribution in [0.3, 0.4) is 0 Å². The number of amides is 1. The molecule has 1 aromatic heterocycles. The van der Waals surface area contributed by atoms with Crippen molar-refractivity contribution in [2.45, 2.75) is 25.4 Å². The number of fused-ring (bicyclic) bond motifs is 1. The molecule has 0 radical (unpaired) electrons. The van der Waals surface area contributed by atoms with Crippen molar-refractivity contribution in [1.82, 2.24) is 9.88 Å². The van der Waals surface area contributed by atoms with Crippen molar-refractivity contribution < 1.29 is 13.9 Å². The van der Waals surface area contributed by atoms with Crippen molar-refractivity contribution >= 4 is 27.5 Å². The molecule has 0 bridgehead atoms. The zero-order valence-electron chi connectivity index (χ0n) is 14.2. The van der Waals surface area contributed by atoms with Gasteiger partial charge in [0.1, 0.15) is 17.4 Å². The van der Waals surface area contributed by atoms with Gasteiger partial charge in [-0.3, -0.25) is 4.79 Å². The van der Waals surface area contributed by atoms with Crippen LogP contribution in [0.5, 0.6) is 5.19 Å². The van der Waals surface area contributed by atoms with Gasteiger partial charge in [-0.05, 0) is 17.7 Å². The molecule has 0 saturated carbocycles. The first-order chi connectivity index (χ1) is 12.7. The molecule has 2 aromatic carbocycles. The average Bonchev–Trinajstić information content (AvgIpc) is 3.07. The third kappa shape index (κ3) is 3.70. The predicted molar refractivity (Wildman–Crippen MR) is 100.0 cm³/mol. The zero-order chi connectivity index (χ0) is 17.9. The standard InChI is InChI=1S/C20H19FN2O2S/c21-16-7-4-8-17-19(16)22-20(26-17)25-15-9-11-23(12-10-15)18(24)13-14-5-2-1-3-6-14/h1-8,15H,9-13H2. The Hall–Kier alpha value is -2.47. The summed E-state index contributed by atoms with van der Waals surface area (Å²) in [6.07, 6.45) is 1.97. The van der Waals surface area contributed by atoms with Crippen LogP contribution < -0.4 is 4.74 Å². The van der Waals surface area contributed by atoms with E-state index in [0.717, 1.165) is 23.1 Å². The molecular weight excluding hydrogens is 351 g/mol. The Morgan fingerprint density at radius 3 is 2.65 bits per heavy atom. The number of rotatable bonds is 4. The van der Waals surface area contributed by atoms with Crippen molar-refractivity contribution in [1.29, 1.82) is 0 Å². The fraction of sp³-hybridized carbons (Fsp3) is 0.300. The lowest BCUT2D eigenvalue weighted by molar-refractivity contribution is -0.132. The molecule has 26 heavy (non-hydrogen) atoms. The Labute approximate surface area is 155 Å². The van der Waals surface area contributed by atoms with Crippen molar-refractivity contribution in [3.63, 3.8) is 0 Å². The SMILES string of the molecule is O=C(Cc1ccccc1)N1CCC(Oc2nc3c(F)cccc3s2)CC1. The van der Waals surface area contributed by atoms with Gasteiger partial charge in [-0.15, -0.1) is 0 Å². The first kappa shape index (κ1) is 17.0. The molecule has 0 atom stereocenters. The highest BCUT2D eigenvalue weighted by molar-refractivity contribution is 7.20. The van der Waals surface area contributed by atoms with Crippen molar-refractivity contribution in [3.05, 3.63) is 59.9 Å². The summed E-state index contributed by atoms with van der Waals surface area (Å²) >= 11 is 1.36. The summed E-state index contributed by atoms with van der Waals surface area (Å²) < 4.78 is 20.5. The molecule has 4 rings (SSSR count). The summed E-state index contributed by atoms with van der Waals surface area (Å²) in [5.74, 6) is -0.174. The van der Waals surface area contributed by atoms with Crippen molar-refractivity contribution in [2.75, 3.05) is 13.1 Å². The first-order valence-corrected chi connectivity index (χ1v) is 9.54. The number of thiazole rings is 1. The number of carbonyl (C=O) groups excluding carboxylic acids is 1. The lowest BCUT2D eigenvalue weighted by Crippen LogP contribution is -2.42. The van der Waals surface area contributed by atoms with Gasteiger partial charge in [0, 0.05) is 25.9 Å². The van der Waals surface area contributed by atoms with Crippen molar-refractivity contribution in [3.8, 4) is 5.19 Å². The number of halogens is 1. The van der Waals surface area contributed by atoms with E-state index < -0.39 is 0 Å². The van der Waals surface area contributed by atoms with Gasteiger partial charge in [-0.1, -0.05) is 47.7 Å². The zero-order valence-corrected chi connectivity index (χ0v) is 15.0. The molecule has 3 aromatic rings. The number of piperidine rings is 1. The third-order valence-corrected chi connectivity index (χ3v) is 5.52. The van der Waals surface area contributed by atoms with Gasteiger partial charge in [0.2, 0.25) is 5.91 Å². The molecule has 0 spiro atoms. The number of benzene rings is 2. The minimum absolute atomic E-state index is 0.0133. The van der Waals surface area contributed by atoms with Gasteiger partial charge < -0.3 is 9.64 Å². The Morgan fingerprint density at radius 2 is 1.92 bits per heavy atom. The second-order valence-electron chi connectivity index (χ2n) is 6.43. The lowest BCUT2D eigenvalue weighted by atomic mass is 10.1. The smallest absolute Gasteiger partial charge is 0.274 e. The molecule has 2 heterocycles. The van der Waals surface area contributed by atoms with Crippen LogP contribution in [0.15, 0.2) is 48.5 Å². The van der Waals surface area contributed by atoms with Crippen LogP contribution in [0, 0.1) is 5.82 Å². The topological polar surface area (TPSA) is 42.4 Å². The maximum absolute atomic E-state index is 13.7. The number of hydrogen-bond acceptors (Lipinski definition) is 4. The normalized spacial score (nSPS) is 15.3. The molecule has 6 heteroatoms. The van der Waals surface area contributed by atoms with E-state index in [1.165, 1.54) is 17.4 Å². The lowest BCUT2D eigenvalue weighted by Gasteiger charge is -2.31. The number of aromatic nitrogens is 1. The minimum atomic E-state index is -0.324. The van der Waals surface area contributed by atoms with Gasteiger partial charge in [0.05, 0.1) is 11.1 Å². The monoisotopic (exact) mass is 370 g/mol. The Balaban J connectivity index is 1.33. The second kappa shape index (κ2) is 7.41. The van der Waals surface area contributed by atoms with Gasteiger partial charge in [-0.25, -0.2) is 4.39 Å². The highest BCUT2D eigenvalue weighted by atomic mass is 32.1. The Morgan fingerprint density at radius 1 is 1.15 bits per heavy atom. The van der Waals surface area contributed by atoms with E-state index in [0.29, 0.717) is 30.2 Å². The molecule has 1 aliphatic rings. The molecule has 0 unspecified atom stereocenters. The number of nitrogens with zero attached hydrogens (tertiary/aromatic N) is 2. The van der Waals surface area contributed by atoms with Gasteiger partial charge in [-0.2, -0.15) is 4.98 Å². The number of ether oxygens (including phenoxy) is 1. The first-order valence-electron chi connectivity index (χ1n) is 8.72. The summed E-state index contributed by atoms with van der Waals surface area (Å²) in [4.78, 5) is 18.6. The third-order valence-electron chi connectivity index (χ3n) is 4.61. The van der Waals surface area contributed by atoms with Gasteiger partial charge >= 0.3 is 0 Å². The van der Waals surface area contributed by atoms with E-state index in [2.05, 4.69) is 4.98 Å². The molecule has 0 aliphatic carbocycles.